The molecule has 1 aromatic carbocycles. The standard InChI is InChI=1S/C22H29NO3/c1-26-22-8-7-18(25)13-21(22)9-10-23(14-15-3-2-4-15)20(22)11-16-5-6-17(24)12-19(16)21/h5-6,12,15,20,24H,2-4,7-11,13-14H2,1H3/t20-,21-,22?/m1/s1. The van der Waals surface area contributed by atoms with Gasteiger partial charge in [-0.05, 0) is 67.8 Å². The van der Waals surface area contributed by atoms with Gasteiger partial charge in [-0.3, -0.25) is 9.69 Å². The highest BCUT2D eigenvalue weighted by Gasteiger charge is 2.65. The molecule has 5 rings (SSSR count). The van der Waals surface area contributed by atoms with Crippen molar-refractivity contribution in [3.63, 3.8) is 0 Å². The maximum Gasteiger partial charge on any atom is 0.134 e. The van der Waals surface area contributed by atoms with Crippen LogP contribution in [0.25, 0.3) is 0 Å². The second kappa shape index (κ2) is 5.80. The summed E-state index contributed by atoms with van der Waals surface area (Å²) in [5, 5.41) is 10.2. The highest BCUT2D eigenvalue weighted by atomic mass is 16.5. The Labute approximate surface area is 155 Å². The van der Waals surface area contributed by atoms with Crippen molar-refractivity contribution in [1.82, 2.24) is 4.90 Å². The summed E-state index contributed by atoms with van der Waals surface area (Å²) < 4.78 is 6.37. The smallest absolute Gasteiger partial charge is 0.134 e. The van der Waals surface area contributed by atoms with Gasteiger partial charge in [0.15, 0.2) is 0 Å². The lowest BCUT2D eigenvalue weighted by molar-refractivity contribution is -0.189. The van der Waals surface area contributed by atoms with Crippen LogP contribution in [0, 0.1) is 5.92 Å². The van der Waals surface area contributed by atoms with Crippen LogP contribution in [0.15, 0.2) is 18.2 Å². The van der Waals surface area contributed by atoms with Crippen molar-refractivity contribution in [2.75, 3.05) is 20.2 Å². The normalized spacial score (nSPS) is 37.0. The van der Waals surface area contributed by atoms with E-state index in [1.54, 1.807) is 6.07 Å². The molecule has 26 heavy (non-hydrogen) atoms. The maximum absolute atomic E-state index is 12.5. The van der Waals surface area contributed by atoms with Crippen LogP contribution in [0.5, 0.6) is 5.75 Å². The molecule has 2 bridgehead atoms. The van der Waals surface area contributed by atoms with E-state index >= 15 is 0 Å². The van der Waals surface area contributed by atoms with Crippen molar-refractivity contribution in [2.24, 2.45) is 5.92 Å². The van der Waals surface area contributed by atoms with Gasteiger partial charge >= 0.3 is 0 Å². The van der Waals surface area contributed by atoms with Gasteiger partial charge in [-0.25, -0.2) is 0 Å². The van der Waals surface area contributed by atoms with Crippen molar-refractivity contribution in [3.05, 3.63) is 29.3 Å². The summed E-state index contributed by atoms with van der Waals surface area (Å²) in [4.78, 5) is 15.2. The topological polar surface area (TPSA) is 49.8 Å². The molecule has 1 unspecified atom stereocenters. The molecular weight excluding hydrogens is 326 g/mol. The lowest BCUT2D eigenvalue weighted by atomic mass is 9.49. The van der Waals surface area contributed by atoms with Crippen molar-refractivity contribution in [2.45, 2.75) is 68.4 Å². The fraction of sp³-hybridized carbons (Fsp3) is 0.682. The number of methoxy groups -OCH3 is 1. The highest BCUT2D eigenvalue weighted by Crippen LogP contribution is 2.59. The highest BCUT2D eigenvalue weighted by molar-refractivity contribution is 5.82. The second-order valence-corrected chi connectivity index (χ2v) is 8.99. The Morgan fingerprint density at radius 3 is 2.88 bits per heavy atom. The van der Waals surface area contributed by atoms with Gasteiger partial charge in [-0.2, -0.15) is 0 Å². The second-order valence-electron chi connectivity index (χ2n) is 8.99. The van der Waals surface area contributed by atoms with E-state index in [2.05, 4.69) is 11.0 Å². The van der Waals surface area contributed by atoms with Crippen LogP contribution in [0.2, 0.25) is 0 Å². The molecule has 1 aliphatic heterocycles. The lowest BCUT2D eigenvalue weighted by Crippen LogP contribution is -2.74. The number of hydrogen-bond acceptors (Lipinski definition) is 4. The molecule has 4 heteroatoms. The predicted octanol–water partition coefficient (Wildman–Crippen LogP) is 3.20. The van der Waals surface area contributed by atoms with Crippen molar-refractivity contribution >= 4 is 5.78 Å². The third-order valence-electron chi connectivity index (χ3n) is 7.99. The van der Waals surface area contributed by atoms with Crippen LogP contribution in [-0.2, 0) is 21.4 Å². The van der Waals surface area contributed by atoms with Crippen molar-refractivity contribution in [1.29, 1.82) is 0 Å². The summed E-state index contributed by atoms with van der Waals surface area (Å²) in [7, 11) is 1.85. The number of piperidine rings is 1. The van der Waals surface area contributed by atoms with Crippen LogP contribution in [0.4, 0.5) is 0 Å². The van der Waals surface area contributed by atoms with Gasteiger partial charge in [0.2, 0.25) is 0 Å². The first-order valence-electron chi connectivity index (χ1n) is 10.2. The molecule has 2 saturated carbocycles. The first-order valence-corrected chi connectivity index (χ1v) is 10.2. The van der Waals surface area contributed by atoms with Gasteiger partial charge in [0.05, 0.1) is 5.60 Å². The molecule has 0 aromatic heterocycles. The minimum absolute atomic E-state index is 0.274. The monoisotopic (exact) mass is 355 g/mol. The van der Waals surface area contributed by atoms with Crippen LogP contribution in [-0.4, -0.2) is 47.6 Å². The number of phenols is 1. The number of phenolic OH excluding ortho intramolecular Hbond substituents is 1. The van der Waals surface area contributed by atoms with Crippen molar-refractivity contribution in [3.8, 4) is 5.75 Å². The van der Waals surface area contributed by atoms with Gasteiger partial charge < -0.3 is 9.84 Å². The van der Waals surface area contributed by atoms with E-state index in [-0.39, 0.29) is 11.0 Å². The number of nitrogens with zero attached hydrogens (tertiary/aromatic N) is 1. The molecule has 3 fully saturated rings. The first kappa shape index (κ1) is 16.8. The summed E-state index contributed by atoms with van der Waals surface area (Å²) in [6.07, 6.45) is 8.00. The third-order valence-corrected chi connectivity index (χ3v) is 7.99. The van der Waals surface area contributed by atoms with Gasteiger partial charge in [0.25, 0.3) is 0 Å². The Morgan fingerprint density at radius 1 is 1.31 bits per heavy atom. The summed E-state index contributed by atoms with van der Waals surface area (Å²) >= 11 is 0. The van der Waals surface area contributed by atoms with E-state index in [9.17, 15) is 9.90 Å². The Bertz CT molecular complexity index is 743. The van der Waals surface area contributed by atoms with Crippen LogP contribution in [0.3, 0.4) is 0 Å². The quantitative estimate of drug-likeness (QED) is 0.905. The van der Waals surface area contributed by atoms with E-state index in [1.165, 1.54) is 36.9 Å². The van der Waals surface area contributed by atoms with Crippen LogP contribution in [0.1, 0.15) is 56.1 Å². The van der Waals surface area contributed by atoms with Gasteiger partial charge in [0, 0.05) is 38.0 Å². The summed E-state index contributed by atoms with van der Waals surface area (Å²) in [6.45, 7) is 2.21. The molecule has 0 radical (unpaired) electrons. The largest absolute Gasteiger partial charge is 0.508 e. The van der Waals surface area contributed by atoms with Crippen LogP contribution < -0.4 is 0 Å². The fourth-order valence-corrected chi connectivity index (χ4v) is 6.52. The number of ether oxygens (including phenoxy) is 1. The SMILES string of the molecule is COC12CCC(=O)C[C@@]13CCN(CC1CCC1)[C@@H]2Cc1ccc(O)cc13. The summed E-state index contributed by atoms with van der Waals surface area (Å²) in [5.74, 6) is 1.49. The summed E-state index contributed by atoms with van der Waals surface area (Å²) in [5.41, 5.74) is 1.90. The average molecular weight is 355 g/mol. The Balaban J connectivity index is 1.64. The number of hydrogen-bond donors (Lipinski definition) is 1. The van der Waals surface area contributed by atoms with E-state index < -0.39 is 0 Å². The van der Waals surface area contributed by atoms with E-state index in [4.69, 9.17) is 4.74 Å². The molecule has 140 valence electrons. The molecular formula is C22H29NO3. The maximum atomic E-state index is 12.5. The number of ketones is 1. The molecule has 0 spiro atoms. The zero-order valence-corrected chi connectivity index (χ0v) is 15.7. The van der Waals surface area contributed by atoms with Crippen molar-refractivity contribution < 1.29 is 14.6 Å². The van der Waals surface area contributed by atoms with Gasteiger partial charge in [-0.1, -0.05) is 12.5 Å². The number of aromatic hydroxyl groups is 1. The number of rotatable bonds is 3. The number of likely N-dealkylation sites (tertiary alicyclic amines) is 1. The van der Waals surface area contributed by atoms with E-state index in [0.717, 1.165) is 31.7 Å². The minimum atomic E-state index is -0.302. The molecule has 1 saturated heterocycles. The Morgan fingerprint density at radius 2 is 2.15 bits per heavy atom. The molecule has 1 N–H and O–H groups in total. The zero-order chi connectivity index (χ0) is 17.9. The van der Waals surface area contributed by atoms with E-state index in [0.29, 0.717) is 30.4 Å². The fourth-order valence-electron chi connectivity index (χ4n) is 6.52. The summed E-state index contributed by atoms with van der Waals surface area (Å²) in [6, 6.07) is 6.13. The molecule has 1 aromatic rings. The zero-order valence-electron chi connectivity index (χ0n) is 15.7. The number of benzene rings is 1. The molecule has 1 heterocycles. The Kier molecular flexibility index (Phi) is 3.74. The third kappa shape index (κ3) is 2.12. The van der Waals surface area contributed by atoms with Gasteiger partial charge in [-0.15, -0.1) is 0 Å². The Hall–Kier alpha value is -1.39. The minimum Gasteiger partial charge on any atom is -0.508 e. The number of fused-ring (bicyclic) bond motifs is 1. The predicted molar refractivity (Wildman–Crippen MR) is 99.4 cm³/mol. The molecule has 3 atom stereocenters. The number of carbonyl (C=O) groups is 1. The number of Topliss-reactive ketones (excluding diaryl/α,β-unsaturated/α-hetero) is 1. The molecule has 0 amide bonds. The van der Waals surface area contributed by atoms with E-state index in [1.807, 2.05) is 13.2 Å². The molecule has 3 aliphatic carbocycles. The number of carbonyl (C=O) groups excluding carboxylic acids is 1. The van der Waals surface area contributed by atoms with Crippen LogP contribution >= 0.6 is 0 Å². The average Bonchev–Trinajstić information content (AvgIpc) is 2.60. The molecule has 4 nitrogen and oxygen atoms in total. The lowest BCUT2D eigenvalue weighted by Gasteiger charge is -2.65. The molecule has 4 aliphatic rings. The first-order chi connectivity index (χ1) is 12.6. The van der Waals surface area contributed by atoms with Gasteiger partial charge in [0.1, 0.15) is 11.5 Å².